The van der Waals surface area contributed by atoms with Crippen molar-refractivity contribution >= 4 is 0 Å². The van der Waals surface area contributed by atoms with Gasteiger partial charge in [0.1, 0.15) is 11.6 Å². The first-order valence-electron chi connectivity index (χ1n) is 6.11. The van der Waals surface area contributed by atoms with Gasteiger partial charge in [-0.2, -0.15) is 13.2 Å². The van der Waals surface area contributed by atoms with Gasteiger partial charge in [0.05, 0.1) is 13.0 Å². The summed E-state index contributed by atoms with van der Waals surface area (Å²) in [6.45, 7) is 2.64. The summed E-state index contributed by atoms with van der Waals surface area (Å²) in [7, 11) is 0. The third-order valence-electron chi connectivity index (χ3n) is 2.41. The van der Waals surface area contributed by atoms with Gasteiger partial charge in [0, 0.05) is 12.1 Å². The van der Waals surface area contributed by atoms with Crippen molar-refractivity contribution in [2.75, 3.05) is 13.2 Å². The average molecular weight is 279 g/mol. The molecule has 0 fully saturated rings. The van der Waals surface area contributed by atoms with Gasteiger partial charge in [-0.05, 0) is 31.2 Å². The Labute approximate surface area is 109 Å². The summed E-state index contributed by atoms with van der Waals surface area (Å²) in [6.07, 6.45) is -4.35. The van der Waals surface area contributed by atoms with Crippen LogP contribution in [0.15, 0.2) is 18.2 Å². The first-order chi connectivity index (χ1) is 8.92. The predicted molar refractivity (Wildman–Crippen MR) is 64.6 cm³/mol. The lowest BCUT2D eigenvalue weighted by atomic mass is 10.2. The Kier molecular flexibility index (Phi) is 6.08. The van der Waals surface area contributed by atoms with E-state index in [2.05, 4.69) is 5.32 Å². The Bertz CT molecular complexity index is 393. The molecule has 0 aromatic heterocycles. The molecule has 1 N–H and O–H groups in total. The van der Waals surface area contributed by atoms with Crippen molar-refractivity contribution in [2.45, 2.75) is 32.5 Å². The minimum absolute atomic E-state index is 0.286. The van der Waals surface area contributed by atoms with E-state index in [4.69, 9.17) is 4.74 Å². The summed E-state index contributed by atoms with van der Waals surface area (Å²) in [4.78, 5) is 0. The number of alkyl halides is 3. The van der Waals surface area contributed by atoms with Gasteiger partial charge < -0.3 is 10.1 Å². The third kappa shape index (κ3) is 6.42. The van der Waals surface area contributed by atoms with Gasteiger partial charge in [-0.15, -0.1) is 0 Å². The molecule has 0 bridgehead atoms. The number of hydrogen-bond acceptors (Lipinski definition) is 2. The molecule has 0 heterocycles. The van der Waals surface area contributed by atoms with Crippen LogP contribution in [0.1, 0.15) is 25.3 Å². The zero-order chi connectivity index (χ0) is 14.3. The van der Waals surface area contributed by atoms with E-state index in [1.165, 1.54) is 18.2 Å². The number of benzene rings is 1. The summed E-state index contributed by atoms with van der Waals surface area (Å²) in [5.41, 5.74) is 0.524. The minimum Gasteiger partial charge on any atom is -0.493 e. The molecule has 0 aliphatic heterocycles. The summed E-state index contributed by atoms with van der Waals surface area (Å²) in [5.74, 6) is -0.147. The number of halogens is 4. The molecule has 1 aromatic carbocycles. The number of nitrogens with one attached hydrogen (secondary N) is 1. The number of hydrogen-bond donors (Lipinski definition) is 1. The van der Waals surface area contributed by atoms with Gasteiger partial charge in [-0.1, -0.05) is 6.92 Å². The molecule has 0 aliphatic rings. The normalized spacial score (nSPS) is 11.6. The van der Waals surface area contributed by atoms with E-state index in [-0.39, 0.29) is 5.75 Å². The number of rotatable bonds is 7. The molecule has 0 spiro atoms. The van der Waals surface area contributed by atoms with Crippen molar-refractivity contribution < 1.29 is 22.3 Å². The van der Waals surface area contributed by atoms with Crippen LogP contribution in [0.5, 0.6) is 5.75 Å². The van der Waals surface area contributed by atoms with E-state index >= 15 is 0 Å². The van der Waals surface area contributed by atoms with Gasteiger partial charge in [0.25, 0.3) is 0 Å². The van der Waals surface area contributed by atoms with Gasteiger partial charge in [-0.25, -0.2) is 4.39 Å². The van der Waals surface area contributed by atoms with E-state index in [1.54, 1.807) is 0 Å². The smallest absolute Gasteiger partial charge is 0.392 e. The summed E-state index contributed by atoms with van der Waals surface area (Å²) in [6, 6.07) is 3.80. The van der Waals surface area contributed by atoms with Crippen molar-refractivity contribution in [3.8, 4) is 5.75 Å². The Morgan fingerprint density at radius 2 is 2.00 bits per heavy atom. The molecular weight excluding hydrogens is 262 g/mol. The van der Waals surface area contributed by atoms with Crippen molar-refractivity contribution in [1.29, 1.82) is 0 Å². The molecule has 0 amide bonds. The Balaban J connectivity index is 2.60. The van der Waals surface area contributed by atoms with E-state index < -0.39 is 25.0 Å². The van der Waals surface area contributed by atoms with Crippen molar-refractivity contribution in [2.24, 2.45) is 0 Å². The van der Waals surface area contributed by atoms with Crippen LogP contribution in [0.2, 0.25) is 0 Å². The molecule has 19 heavy (non-hydrogen) atoms. The third-order valence-corrected chi connectivity index (χ3v) is 2.41. The molecule has 0 aliphatic carbocycles. The average Bonchev–Trinajstić information content (AvgIpc) is 2.30. The van der Waals surface area contributed by atoms with Gasteiger partial charge in [-0.3, -0.25) is 0 Å². The zero-order valence-electron chi connectivity index (χ0n) is 10.7. The molecule has 0 saturated heterocycles. The van der Waals surface area contributed by atoms with Crippen LogP contribution in [-0.4, -0.2) is 19.3 Å². The van der Waals surface area contributed by atoms with Crippen LogP contribution in [-0.2, 0) is 6.54 Å². The van der Waals surface area contributed by atoms with Gasteiger partial charge in [0.2, 0.25) is 0 Å². The fourth-order valence-corrected chi connectivity index (χ4v) is 1.50. The Morgan fingerprint density at radius 3 is 2.63 bits per heavy atom. The van der Waals surface area contributed by atoms with Crippen LogP contribution in [0.3, 0.4) is 0 Å². The van der Waals surface area contributed by atoms with Crippen LogP contribution in [0, 0.1) is 5.82 Å². The predicted octanol–water partition coefficient (Wildman–Crippen LogP) is 3.66. The largest absolute Gasteiger partial charge is 0.493 e. The number of ether oxygens (including phenoxy) is 1. The van der Waals surface area contributed by atoms with Crippen LogP contribution in [0.4, 0.5) is 17.6 Å². The fraction of sp³-hybridized carbons (Fsp3) is 0.538. The lowest BCUT2D eigenvalue weighted by molar-refractivity contribution is -0.139. The van der Waals surface area contributed by atoms with E-state index in [0.29, 0.717) is 12.1 Å². The molecule has 0 unspecified atom stereocenters. The highest BCUT2D eigenvalue weighted by molar-refractivity contribution is 5.33. The summed E-state index contributed by atoms with van der Waals surface area (Å²) < 4.78 is 54.2. The topological polar surface area (TPSA) is 21.3 Å². The second-order valence-electron chi connectivity index (χ2n) is 4.14. The molecule has 0 radical (unpaired) electrons. The highest BCUT2D eigenvalue weighted by Gasteiger charge is 2.27. The molecule has 0 saturated carbocycles. The molecule has 0 atom stereocenters. The zero-order valence-corrected chi connectivity index (χ0v) is 10.7. The van der Waals surface area contributed by atoms with E-state index in [9.17, 15) is 17.6 Å². The highest BCUT2D eigenvalue weighted by Crippen LogP contribution is 2.23. The highest BCUT2D eigenvalue weighted by atomic mass is 19.4. The maximum atomic E-state index is 13.1. The van der Waals surface area contributed by atoms with Gasteiger partial charge >= 0.3 is 6.18 Å². The van der Waals surface area contributed by atoms with Crippen molar-refractivity contribution in [3.05, 3.63) is 29.6 Å². The molecular formula is C13H17F4NO. The van der Waals surface area contributed by atoms with Crippen LogP contribution >= 0.6 is 0 Å². The summed E-state index contributed by atoms with van der Waals surface area (Å²) in [5, 5.41) is 3.06. The first-order valence-corrected chi connectivity index (χ1v) is 6.11. The maximum Gasteiger partial charge on any atom is 0.392 e. The molecule has 2 nitrogen and oxygen atoms in total. The van der Waals surface area contributed by atoms with E-state index in [0.717, 1.165) is 13.0 Å². The van der Waals surface area contributed by atoms with Gasteiger partial charge in [0.15, 0.2) is 0 Å². The SMILES string of the molecule is CCCNCc1cc(F)ccc1OCCC(F)(F)F. The summed E-state index contributed by atoms with van der Waals surface area (Å²) >= 11 is 0. The maximum absolute atomic E-state index is 13.1. The minimum atomic E-state index is -4.25. The quantitative estimate of drug-likeness (QED) is 0.607. The van der Waals surface area contributed by atoms with Crippen molar-refractivity contribution in [1.82, 2.24) is 5.32 Å². The molecule has 1 aromatic rings. The first kappa shape index (κ1) is 15.8. The van der Waals surface area contributed by atoms with Crippen LogP contribution < -0.4 is 10.1 Å². The second-order valence-corrected chi connectivity index (χ2v) is 4.14. The Hall–Kier alpha value is -1.30. The molecule has 1 rings (SSSR count). The van der Waals surface area contributed by atoms with Crippen LogP contribution in [0.25, 0.3) is 0 Å². The monoisotopic (exact) mass is 279 g/mol. The molecule has 108 valence electrons. The van der Waals surface area contributed by atoms with E-state index in [1.807, 2.05) is 6.92 Å². The molecule has 6 heteroatoms. The van der Waals surface area contributed by atoms with Crippen molar-refractivity contribution in [3.63, 3.8) is 0 Å². The Morgan fingerprint density at radius 1 is 1.26 bits per heavy atom. The lowest BCUT2D eigenvalue weighted by Gasteiger charge is -2.13. The standard InChI is InChI=1S/C13H17F4NO/c1-2-6-18-9-10-8-11(14)3-4-12(10)19-7-5-13(15,16)17/h3-4,8,18H,2,5-7,9H2,1H3. The lowest BCUT2D eigenvalue weighted by Crippen LogP contribution is -2.16. The fourth-order valence-electron chi connectivity index (χ4n) is 1.50. The second kappa shape index (κ2) is 7.33.